The van der Waals surface area contributed by atoms with Crippen molar-refractivity contribution in [3.05, 3.63) is 59.9 Å². The number of anilines is 1. The van der Waals surface area contributed by atoms with E-state index in [9.17, 15) is 4.79 Å². The van der Waals surface area contributed by atoms with Gasteiger partial charge >= 0.3 is 0 Å². The lowest BCUT2D eigenvalue weighted by atomic mass is 9.78. The van der Waals surface area contributed by atoms with Crippen LogP contribution in [-0.4, -0.2) is 16.9 Å². The van der Waals surface area contributed by atoms with Gasteiger partial charge in [0, 0.05) is 24.1 Å². The van der Waals surface area contributed by atoms with E-state index in [1.165, 1.54) is 18.4 Å². The first-order valence-electron chi connectivity index (χ1n) is 8.10. The Bertz CT molecular complexity index is 698. The molecule has 2 aliphatic rings. The molecular weight excluding hydrogens is 272 g/mol. The van der Waals surface area contributed by atoms with Crippen LogP contribution in [0, 0.1) is 5.92 Å². The largest absolute Gasteiger partial charge is 0.305 e. The third kappa shape index (κ3) is 1.96. The molecule has 4 rings (SSSR count). The van der Waals surface area contributed by atoms with Crippen LogP contribution in [0.2, 0.25) is 0 Å². The van der Waals surface area contributed by atoms with Gasteiger partial charge in [-0.15, -0.1) is 0 Å². The predicted molar refractivity (Wildman–Crippen MR) is 87.0 cm³/mol. The van der Waals surface area contributed by atoms with Gasteiger partial charge in [-0.3, -0.25) is 9.78 Å². The highest BCUT2D eigenvalue weighted by atomic mass is 16.2. The Kier molecular flexibility index (Phi) is 3.21. The maximum absolute atomic E-state index is 13.1. The number of amides is 1. The van der Waals surface area contributed by atoms with Crippen molar-refractivity contribution in [2.24, 2.45) is 5.92 Å². The predicted octanol–water partition coefficient (Wildman–Crippen LogP) is 4.01. The summed E-state index contributed by atoms with van der Waals surface area (Å²) < 4.78 is 0. The highest BCUT2D eigenvalue weighted by Crippen LogP contribution is 2.48. The highest BCUT2D eigenvalue weighted by molar-refractivity contribution is 6.07. The molecule has 1 aromatic carbocycles. The van der Waals surface area contributed by atoms with Gasteiger partial charge < -0.3 is 4.90 Å². The lowest BCUT2D eigenvalue weighted by Crippen LogP contribution is -2.47. The molecule has 3 nitrogen and oxygen atoms in total. The number of carbonyl (C=O) groups is 1. The van der Waals surface area contributed by atoms with E-state index in [2.05, 4.69) is 30.1 Å². The first kappa shape index (κ1) is 13.5. The van der Waals surface area contributed by atoms with Crippen molar-refractivity contribution in [2.45, 2.75) is 38.1 Å². The molecule has 1 aliphatic heterocycles. The Hall–Kier alpha value is -2.16. The second-order valence-electron chi connectivity index (χ2n) is 6.43. The standard InChI is InChI=1S/C19H20N2O/c1-13-15-7-2-3-9-17(15)21(18-10-4-8-16(13)18)19(22)14-6-5-11-20-12-14/h2-3,5-7,9,11-13,16,18H,4,8,10H2,1H3. The fourth-order valence-corrected chi connectivity index (χ4v) is 4.26. The minimum absolute atomic E-state index is 0.0874. The molecule has 1 fully saturated rings. The molecule has 1 aliphatic carbocycles. The van der Waals surface area contributed by atoms with E-state index in [0.717, 1.165) is 12.1 Å². The number of benzene rings is 1. The number of pyridine rings is 1. The summed E-state index contributed by atoms with van der Waals surface area (Å²) in [5, 5.41) is 0. The topological polar surface area (TPSA) is 33.2 Å². The first-order chi connectivity index (χ1) is 10.8. The summed E-state index contributed by atoms with van der Waals surface area (Å²) in [7, 11) is 0. The molecule has 1 aromatic heterocycles. The van der Waals surface area contributed by atoms with Gasteiger partial charge in [-0.1, -0.05) is 31.5 Å². The minimum atomic E-state index is 0.0874. The molecule has 2 heterocycles. The van der Waals surface area contributed by atoms with Crippen molar-refractivity contribution >= 4 is 11.6 Å². The van der Waals surface area contributed by atoms with Crippen LogP contribution in [0.15, 0.2) is 48.8 Å². The zero-order valence-corrected chi connectivity index (χ0v) is 12.8. The molecule has 0 N–H and O–H groups in total. The lowest BCUT2D eigenvalue weighted by molar-refractivity contribution is 0.0964. The van der Waals surface area contributed by atoms with Crippen LogP contribution in [0.25, 0.3) is 0 Å². The van der Waals surface area contributed by atoms with Gasteiger partial charge in [-0.25, -0.2) is 0 Å². The van der Waals surface area contributed by atoms with E-state index in [1.807, 2.05) is 23.1 Å². The summed E-state index contributed by atoms with van der Waals surface area (Å²) in [5.41, 5.74) is 3.08. The maximum atomic E-state index is 13.1. The number of carbonyl (C=O) groups excluding carboxylic acids is 1. The molecule has 112 valence electrons. The van der Waals surface area contributed by atoms with Crippen molar-refractivity contribution < 1.29 is 4.79 Å². The summed E-state index contributed by atoms with van der Waals surface area (Å²) in [6, 6.07) is 12.4. The van der Waals surface area contributed by atoms with Gasteiger partial charge in [0.2, 0.25) is 0 Å². The van der Waals surface area contributed by atoms with E-state index in [0.29, 0.717) is 23.4 Å². The smallest absolute Gasteiger partial charge is 0.260 e. The molecule has 3 heteroatoms. The molecule has 0 bridgehead atoms. The Morgan fingerprint density at radius 3 is 2.86 bits per heavy atom. The van der Waals surface area contributed by atoms with Crippen LogP contribution < -0.4 is 4.90 Å². The lowest BCUT2D eigenvalue weighted by Gasteiger charge is -2.42. The summed E-state index contributed by atoms with van der Waals surface area (Å²) in [6.45, 7) is 2.31. The van der Waals surface area contributed by atoms with Crippen molar-refractivity contribution in [1.29, 1.82) is 0 Å². The summed E-state index contributed by atoms with van der Waals surface area (Å²) in [6.07, 6.45) is 6.92. The first-order valence-corrected chi connectivity index (χ1v) is 8.10. The van der Waals surface area contributed by atoms with Crippen LogP contribution in [0.4, 0.5) is 5.69 Å². The average Bonchev–Trinajstić information content (AvgIpc) is 3.05. The van der Waals surface area contributed by atoms with Crippen LogP contribution in [0.1, 0.15) is 48.0 Å². The van der Waals surface area contributed by atoms with Gasteiger partial charge in [-0.05, 0) is 48.4 Å². The quantitative estimate of drug-likeness (QED) is 0.795. The summed E-state index contributed by atoms with van der Waals surface area (Å²) in [5.74, 6) is 1.20. The number of hydrogen-bond acceptors (Lipinski definition) is 2. The zero-order valence-electron chi connectivity index (χ0n) is 12.8. The van der Waals surface area contributed by atoms with Crippen LogP contribution in [-0.2, 0) is 0 Å². The number of hydrogen-bond donors (Lipinski definition) is 0. The fraction of sp³-hybridized carbons (Fsp3) is 0.368. The second-order valence-corrected chi connectivity index (χ2v) is 6.43. The van der Waals surface area contributed by atoms with Crippen molar-refractivity contribution in [3.8, 4) is 0 Å². The number of rotatable bonds is 1. The normalized spacial score (nSPS) is 26.4. The molecule has 1 saturated carbocycles. The SMILES string of the molecule is CC1c2ccccc2N(C(=O)c2cccnc2)C2CCCC12. The minimum Gasteiger partial charge on any atom is -0.305 e. The van der Waals surface area contributed by atoms with Crippen LogP contribution in [0.5, 0.6) is 0 Å². The van der Waals surface area contributed by atoms with E-state index in [-0.39, 0.29) is 5.91 Å². The van der Waals surface area contributed by atoms with Crippen molar-refractivity contribution in [2.75, 3.05) is 4.90 Å². The zero-order chi connectivity index (χ0) is 15.1. The number of fused-ring (bicyclic) bond motifs is 2. The van der Waals surface area contributed by atoms with Gasteiger partial charge in [-0.2, -0.15) is 0 Å². The molecule has 0 radical (unpaired) electrons. The summed E-state index contributed by atoms with van der Waals surface area (Å²) >= 11 is 0. The van der Waals surface area contributed by atoms with Gasteiger partial charge in [0.1, 0.15) is 0 Å². The fourth-order valence-electron chi connectivity index (χ4n) is 4.26. The molecule has 0 spiro atoms. The number of aromatic nitrogens is 1. The van der Waals surface area contributed by atoms with E-state index in [4.69, 9.17) is 0 Å². The molecule has 3 atom stereocenters. The van der Waals surface area contributed by atoms with E-state index in [1.54, 1.807) is 12.4 Å². The monoisotopic (exact) mass is 292 g/mol. The Morgan fingerprint density at radius 1 is 1.18 bits per heavy atom. The number of para-hydroxylation sites is 1. The molecule has 1 amide bonds. The second kappa shape index (κ2) is 5.24. The molecule has 3 unspecified atom stereocenters. The molecular formula is C19H20N2O. The molecule has 22 heavy (non-hydrogen) atoms. The van der Waals surface area contributed by atoms with E-state index >= 15 is 0 Å². The number of nitrogens with zero attached hydrogens (tertiary/aromatic N) is 2. The third-order valence-electron chi connectivity index (χ3n) is 5.32. The van der Waals surface area contributed by atoms with Gasteiger partial charge in [0.05, 0.1) is 5.56 Å². The average molecular weight is 292 g/mol. The Balaban J connectivity index is 1.83. The van der Waals surface area contributed by atoms with E-state index < -0.39 is 0 Å². The molecule has 0 saturated heterocycles. The maximum Gasteiger partial charge on any atom is 0.260 e. The van der Waals surface area contributed by atoms with Crippen LogP contribution >= 0.6 is 0 Å². The summed E-state index contributed by atoms with van der Waals surface area (Å²) in [4.78, 5) is 19.3. The highest BCUT2D eigenvalue weighted by Gasteiger charge is 2.44. The van der Waals surface area contributed by atoms with Gasteiger partial charge in [0.15, 0.2) is 0 Å². The van der Waals surface area contributed by atoms with Crippen molar-refractivity contribution in [1.82, 2.24) is 4.98 Å². The molecule has 2 aromatic rings. The van der Waals surface area contributed by atoms with Crippen LogP contribution in [0.3, 0.4) is 0 Å². The third-order valence-corrected chi connectivity index (χ3v) is 5.32. The van der Waals surface area contributed by atoms with Gasteiger partial charge in [0.25, 0.3) is 5.91 Å². The Morgan fingerprint density at radius 2 is 2.05 bits per heavy atom. The Labute approximate surface area is 131 Å². The van der Waals surface area contributed by atoms with Crippen molar-refractivity contribution in [3.63, 3.8) is 0 Å².